The maximum Gasteiger partial charge on any atom is 0.316 e. The van der Waals surface area contributed by atoms with E-state index in [0.717, 1.165) is 5.56 Å². The molecule has 0 aliphatic carbocycles. The first kappa shape index (κ1) is 19.8. The van der Waals surface area contributed by atoms with Crippen molar-refractivity contribution in [2.24, 2.45) is 0 Å². The molecule has 2 atom stereocenters. The van der Waals surface area contributed by atoms with Gasteiger partial charge in [-0.15, -0.1) is 11.8 Å². The average Bonchev–Trinajstić information content (AvgIpc) is 2.88. The zero-order valence-corrected chi connectivity index (χ0v) is 16.0. The van der Waals surface area contributed by atoms with Gasteiger partial charge in [-0.1, -0.05) is 29.8 Å². The Morgan fingerprint density at radius 2 is 2.00 bits per heavy atom. The van der Waals surface area contributed by atoms with Gasteiger partial charge in [-0.05, 0) is 25.8 Å². The minimum atomic E-state index is -3.06. The second-order valence-electron chi connectivity index (χ2n) is 6.22. The number of sulfone groups is 1. The second-order valence-corrected chi connectivity index (χ2v) is 9.43. The zero-order chi connectivity index (χ0) is 18.4. The number of hydrogen-bond donors (Lipinski definition) is 1. The van der Waals surface area contributed by atoms with E-state index in [1.165, 1.54) is 24.2 Å². The Balaban J connectivity index is 1.68. The summed E-state index contributed by atoms with van der Waals surface area (Å²) in [5.74, 6) is -0.0370. The number of amides is 1. The van der Waals surface area contributed by atoms with Gasteiger partial charge in [-0.2, -0.15) is 0 Å². The highest BCUT2D eigenvalue weighted by molar-refractivity contribution is 7.99. The van der Waals surface area contributed by atoms with Crippen molar-refractivity contribution in [1.82, 2.24) is 5.32 Å². The monoisotopic (exact) mass is 385 g/mol. The van der Waals surface area contributed by atoms with E-state index in [1.807, 2.05) is 31.2 Å². The van der Waals surface area contributed by atoms with Crippen LogP contribution in [0, 0.1) is 6.92 Å². The van der Waals surface area contributed by atoms with E-state index in [9.17, 15) is 18.0 Å². The smallest absolute Gasteiger partial charge is 0.316 e. The molecule has 1 aliphatic heterocycles. The molecular formula is C17H23NO5S2. The van der Waals surface area contributed by atoms with E-state index < -0.39 is 33.9 Å². The molecule has 1 aromatic carbocycles. The molecule has 1 aliphatic rings. The Kier molecular flexibility index (Phi) is 6.89. The predicted octanol–water partition coefficient (Wildman–Crippen LogP) is 1.46. The molecule has 6 nitrogen and oxygen atoms in total. The maximum atomic E-state index is 12.0. The van der Waals surface area contributed by atoms with Crippen LogP contribution in [0.5, 0.6) is 0 Å². The largest absolute Gasteiger partial charge is 0.452 e. The summed E-state index contributed by atoms with van der Waals surface area (Å²) in [4.78, 5) is 23.8. The van der Waals surface area contributed by atoms with Gasteiger partial charge in [-0.3, -0.25) is 9.59 Å². The summed E-state index contributed by atoms with van der Waals surface area (Å²) in [6.45, 7) is 3.50. The predicted molar refractivity (Wildman–Crippen MR) is 98.1 cm³/mol. The normalized spacial score (nSPS) is 20.0. The third-order valence-electron chi connectivity index (χ3n) is 3.87. The van der Waals surface area contributed by atoms with E-state index in [1.54, 1.807) is 0 Å². The van der Waals surface area contributed by atoms with Gasteiger partial charge >= 0.3 is 5.97 Å². The van der Waals surface area contributed by atoms with Crippen molar-refractivity contribution in [1.29, 1.82) is 0 Å². The van der Waals surface area contributed by atoms with Crippen LogP contribution in [-0.2, 0) is 29.9 Å². The van der Waals surface area contributed by atoms with E-state index in [4.69, 9.17) is 4.74 Å². The number of ether oxygens (including phenoxy) is 1. The number of carbonyl (C=O) groups is 2. The number of nitrogens with one attached hydrogen (secondary N) is 1. The molecule has 1 fully saturated rings. The number of hydrogen-bond acceptors (Lipinski definition) is 6. The Bertz CT molecular complexity index is 715. The van der Waals surface area contributed by atoms with Gasteiger partial charge in [-0.25, -0.2) is 8.42 Å². The highest BCUT2D eigenvalue weighted by atomic mass is 32.2. The fourth-order valence-electron chi connectivity index (χ4n) is 2.45. The third kappa shape index (κ3) is 6.70. The number of carbonyl (C=O) groups excluding carboxylic acids is 2. The first-order valence-corrected chi connectivity index (χ1v) is 11.1. The zero-order valence-electron chi connectivity index (χ0n) is 14.4. The van der Waals surface area contributed by atoms with Crippen LogP contribution in [0.3, 0.4) is 0 Å². The van der Waals surface area contributed by atoms with Crippen molar-refractivity contribution < 1.29 is 22.7 Å². The molecule has 0 unspecified atom stereocenters. The molecule has 1 amide bonds. The third-order valence-corrected chi connectivity index (χ3v) is 6.61. The van der Waals surface area contributed by atoms with Crippen LogP contribution < -0.4 is 5.32 Å². The Labute approximate surface area is 152 Å². The van der Waals surface area contributed by atoms with Crippen LogP contribution in [-0.4, -0.2) is 49.7 Å². The highest BCUT2D eigenvalue weighted by Gasteiger charge is 2.30. The van der Waals surface area contributed by atoms with E-state index in [-0.39, 0.29) is 17.3 Å². The number of rotatable bonds is 7. The number of aryl methyl sites for hydroxylation is 1. The van der Waals surface area contributed by atoms with Crippen molar-refractivity contribution in [3.05, 3.63) is 35.4 Å². The van der Waals surface area contributed by atoms with Crippen LogP contribution >= 0.6 is 11.8 Å². The van der Waals surface area contributed by atoms with E-state index in [2.05, 4.69) is 5.32 Å². The summed E-state index contributed by atoms with van der Waals surface area (Å²) in [6, 6.07) is 7.67. The van der Waals surface area contributed by atoms with E-state index >= 15 is 0 Å². The Morgan fingerprint density at radius 1 is 1.32 bits per heavy atom. The van der Waals surface area contributed by atoms with Crippen LogP contribution in [0.1, 0.15) is 24.5 Å². The van der Waals surface area contributed by atoms with Crippen molar-refractivity contribution >= 4 is 33.5 Å². The van der Waals surface area contributed by atoms with Gasteiger partial charge in [0.15, 0.2) is 15.9 Å². The molecule has 8 heteroatoms. The highest BCUT2D eigenvalue weighted by Crippen LogP contribution is 2.14. The van der Waals surface area contributed by atoms with Crippen molar-refractivity contribution in [3.63, 3.8) is 0 Å². The van der Waals surface area contributed by atoms with Gasteiger partial charge in [0.2, 0.25) is 0 Å². The standard InChI is InChI=1S/C17H23NO5S2/c1-12-3-5-14(6-4-12)9-24-10-16(19)23-13(2)17(20)18-15-7-8-25(21,22)11-15/h3-6,13,15H,7-11H2,1-2H3,(H,18,20)/t13-,15-/m0/s1. The molecule has 0 spiro atoms. The Hall–Kier alpha value is -1.54. The van der Waals surface area contributed by atoms with Crippen LogP contribution in [0.25, 0.3) is 0 Å². The average molecular weight is 386 g/mol. The quantitative estimate of drug-likeness (QED) is 0.715. The lowest BCUT2D eigenvalue weighted by molar-refractivity contribution is -0.152. The maximum absolute atomic E-state index is 12.0. The SMILES string of the molecule is Cc1ccc(CSCC(=O)O[C@@H](C)C(=O)N[C@H]2CCS(=O)(=O)C2)cc1. The van der Waals surface area contributed by atoms with Gasteiger partial charge in [0, 0.05) is 11.8 Å². The molecule has 0 bridgehead atoms. The summed E-state index contributed by atoms with van der Waals surface area (Å²) >= 11 is 1.42. The van der Waals surface area contributed by atoms with Crippen molar-refractivity contribution in [2.45, 2.75) is 38.2 Å². The summed E-state index contributed by atoms with van der Waals surface area (Å²) in [7, 11) is -3.06. The summed E-state index contributed by atoms with van der Waals surface area (Å²) in [6.07, 6.45) is -0.531. The van der Waals surface area contributed by atoms with E-state index in [0.29, 0.717) is 12.2 Å². The minimum Gasteiger partial charge on any atom is -0.452 e. The minimum absolute atomic E-state index is 0.0498. The number of thioether (sulfide) groups is 1. The topological polar surface area (TPSA) is 89.5 Å². The van der Waals surface area contributed by atoms with Gasteiger partial charge < -0.3 is 10.1 Å². The Morgan fingerprint density at radius 3 is 2.60 bits per heavy atom. The van der Waals surface area contributed by atoms with Crippen LogP contribution in [0.4, 0.5) is 0 Å². The van der Waals surface area contributed by atoms with Crippen molar-refractivity contribution in [2.75, 3.05) is 17.3 Å². The molecule has 0 radical (unpaired) electrons. The van der Waals surface area contributed by atoms with Gasteiger partial charge in [0.1, 0.15) is 0 Å². The molecule has 1 aromatic rings. The summed E-state index contributed by atoms with van der Waals surface area (Å²) in [5, 5.41) is 2.62. The molecule has 1 heterocycles. The lowest BCUT2D eigenvalue weighted by Crippen LogP contribution is -2.42. The van der Waals surface area contributed by atoms with Crippen molar-refractivity contribution in [3.8, 4) is 0 Å². The molecule has 25 heavy (non-hydrogen) atoms. The molecule has 138 valence electrons. The molecule has 0 saturated carbocycles. The lowest BCUT2D eigenvalue weighted by atomic mass is 10.2. The number of esters is 1. The fourth-order valence-corrected chi connectivity index (χ4v) is 4.89. The summed E-state index contributed by atoms with van der Waals surface area (Å²) < 4.78 is 27.9. The van der Waals surface area contributed by atoms with Crippen LogP contribution in [0.15, 0.2) is 24.3 Å². The van der Waals surface area contributed by atoms with Crippen LogP contribution in [0.2, 0.25) is 0 Å². The number of benzene rings is 1. The fraction of sp³-hybridized carbons (Fsp3) is 0.529. The van der Waals surface area contributed by atoms with Gasteiger partial charge in [0.25, 0.3) is 5.91 Å². The first-order chi connectivity index (χ1) is 11.7. The molecule has 1 saturated heterocycles. The molecule has 1 N–H and O–H groups in total. The molecular weight excluding hydrogens is 362 g/mol. The first-order valence-electron chi connectivity index (χ1n) is 8.09. The second kappa shape index (κ2) is 8.71. The van der Waals surface area contributed by atoms with Gasteiger partial charge in [0.05, 0.1) is 17.3 Å². The summed E-state index contributed by atoms with van der Waals surface area (Å²) in [5.41, 5.74) is 2.31. The lowest BCUT2D eigenvalue weighted by Gasteiger charge is -2.16. The molecule has 0 aromatic heterocycles. The molecule has 2 rings (SSSR count).